The summed E-state index contributed by atoms with van der Waals surface area (Å²) in [7, 11) is 0. The fraction of sp³-hybridized carbons (Fsp3) is 1.00. The molecule has 29 heavy (non-hydrogen) atoms. The molecule has 0 saturated heterocycles. The van der Waals surface area contributed by atoms with Crippen LogP contribution in [-0.4, -0.2) is 30.7 Å². The molecule has 0 aromatic carbocycles. The van der Waals surface area contributed by atoms with Gasteiger partial charge in [-0.2, -0.15) is 0 Å². The van der Waals surface area contributed by atoms with E-state index in [1.165, 1.54) is 159 Å². The van der Waals surface area contributed by atoms with Gasteiger partial charge < -0.3 is 4.48 Å². The minimum absolute atomic E-state index is 1.36. The predicted octanol–water partition coefficient (Wildman–Crippen LogP) is 9.68. The summed E-state index contributed by atoms with van der Waals surface area (Å²) < 4.78 is 1.46. The van der Waals surface area contributed by atoms with Crippen molar-refractivity contribution >= 4 is 0 Å². The maximum absolute atomic E-state index is 2.35. The first kappa shape index (κ1) is 29.0. The third-order valence-electron chi connectivity index (χ3n) is 6.94. The molecule has 0 aromatic rings. The second kappa shape index (κ2) is 22.6. The topological polar surface area (TPSA) is 0 Å². The van der Waals surface area contributed by atoms with Crippen molar-refractivity contribution in [2.75, 3.05) is 26.2 Å². The highest BCUT2D eigenvalue weighted by Crippen LogP contribution is 2.19. The molecule has 0 bridgehead atoms. The van der Waals surface area contributed by atoms with Gasteiger partial charge in [0.25, 0.3) is 0 Å². The Morgan fingerprint density at radius 3 is 0.793 bits per heavy atom. The van der Waals surface area contributed by atoms with Gasteiger partial charge in [0.15, 0.2) is 0 Å². The standard InChI is InChI=1S/C28H60N/c1-5-9-13-14-15-16-17-18-19-20-24-28-29(25-21-10-6-2,26-22-11-7-3)27-23-12-8-4/h5-28H2,1-4H3/q+1. The van der Waals surface area contributed by atoms with Crippen LogP contribution < -0.4 is 0 Å². The quantitative estimate of drug-likeness (QED) is 0.110. The van der Waals surface area contributed by atoms with Crippen molar-refractivity contribution in [1.82, 2.24) is 0 Å². The predicted molar refractivity (Wildman–Crippen MR) is 135 cm³/mol. The van der Waals surface area contributed by atoms with E-state index in [1.807, 2.05) is 0 Å². The van der Waals surface area contributed by atoms with Crippen LogP contribution in [0.4, 0.5) is 0 Å². The molecule has 0 saturated carbocycles. The highest BCUT2D eigenvalue weighted by Gasteiger charge is 2.25. The Bertz CT molecular complexity index is 272. The SMILES string of the molecule is CCCCCCCCCCCCC[N+](CCCCC)(CCCCC)CCCCC. The van der Waals surface area contributed by atoms with Crippen molar-refractivity contribution in [3.63, 3.8) is 0 Å². The lowest BCUT2D eigenvalue weighted by atomic mass is 10.0. The van der Waals surface area contributed by atoms with Crippen LogP contribution in [0, 0.1) is 0 Å². The smallest absolute Gasteiger partial charge is 0.0786 e. The van der Waals surface area contributed by atoms with Crippen LogP contribution in [-0.2, 0) is 0 Å². The molecule has 0 aromatic heterocycles. The van der Waals surface area contributed by atoms with Gasteiger partial charge in [-0.25, -0.2) is 0 Å². The second-order valence-electron chi connectivity index (χ2n) is 9.89. The van der Waals surface area contributed by atoms with Gasteiger partial charge in [0, 0.05) is 0 Å². The number of hydrogen-bond acceptors (Lipinski definition) is 0. The van der Waals surface area contributed by atoms with E-state index >= 15 is 0 Å². The van der Waals surface area contributed by atoms with Crippen LogP contribution >= 0.6 is 0 Å². The molecule has 0 spiro atoms. The van der Waals surface area contributed by atoms with Crippen LogP contribution in [0.1, 0.15) is 156 Å². The van der Waals surface area contributed by atoms with E-state index in [2.05, 4.69) is 27.7 Å². The fourth-order valence-corrected chi connectivity index (χ4v) is 4.87. The van der Waals surface area contributed by atoms with E-state index in [-0.39, 0.29) is 0 Å². The van der Waals surface area contributed by atoms with E-state index in [0.717, 1.165) is 0 Å². The maximum atomic E-state index is 2.35. The molecule has 0 amide bonds. The van der Waals surface area contributed by atoms with E-state index < -0.39 is 0 Å². The monoisotopic (exact) mass is 410 g/mol. The van der Waals surface area contributed by atoms with Crippen LogP contribution in [0.25, 0.3) is 0 Å². The van der Waals surface area contributed by atoms with E-state index in [1.54, 1.807) is 0 Å². The molecule has 0 N–H and O–H groups in total. The lowest BCUT2D eigenvalue weighted by Crippen LogP contribution is -2.50. The van der Waals surface area contributed by atoms with Gasteiger partial charge >= 0.3 is 0 Å². The number of quaternary nitrogens is 1. The molecule has 0 aliphatic rings. The van der Waals surface area contributed by atoms with Crippen LogP contribution in [0.2, 0.25) is 0 Å². The molecular weight excluding hydrogens is 350 g/mol. The Labute approximate surface area is 187 Å². The molecule has 0 unspecified atom stereocenters. The van der Waals surface area contributed by atoms with Crippen LogP contribution in [0.15, 0.2) is 0 Å². The van der Waals surface area contributed by atoms with Crippen molar-refractivity contribution in [1.29, 1.82) is 0 Å². The van der Waals surface area contributed by atoms with Crippen molar-refractivity contribution in [2.45, 2.75) is 156 Å². The minimum atomic E-state index is 1.36. The summed E-state index contributed by atoms with van der Waals surface area (Å²) in [6, 6.07) is 0. The average molecular weight is 411 g/mol. The van der Waals surface area contributed by atoms with E-state index in [0.29, 0.717) is 0 Å². The Balaban J connectivity index is 4.20. The molecule has 176 valence electrons. The van der Waals surface area contributed by atoms with Gasteiger partial charge in [-0.1, -0.05) is 105 Å². The Morgan fingerprint density at radius 1 is 0.276 bits per heavy atom. The maximum Gasteiger partial charge on any atom is 0.0786 e. The van der Waals surface area contributed by atoms with Gasteiger partial charge in [0.05, 0.1) is 26.2 Å². The molecule has 0 fully saturated rings. The Hall–Kier alpha value is -0.0400. The number of hydrogen-bond donors (Lipinski definition) is 0. The number of unbranched alkanes of at least 4 members (excludes halogenated alkanes) is 16. The Kier molecular flexibility index (Phi) is 22.6. The second-order valence-corrected chi connectivity index (χ2v) is 9.89. The van der Waals surface area contributed by atoms with Crippen molar-refractivity contribution in [2.24, 2.45) is 0 Å². The third kappa shape index (κ3) is 18.4. The summed E-state index contributed by atoms with van der Waals surface area (Å²) in [6.07, 6.45) is 28.8. The van der Waals surface area contributed by atoms with Gasteiger partial charge in [0.2, 0.25) is 0 Å². The molecule has 1 heteroatoms. The summed E-state index contributed by atoms with van der Waals surface area (Å²) in [5.41, 5.74) is 0. The van der Waals surface area contributed by atoms with Gasteiger partial charge in [0.1, 0.15) is 0 Å². The minimum Gasteiger partial charge on any atom is -0.324 e. The highest BCUT2D eigenvalue weighted by atomic mass is 15.3. The van der Waals surface area contributed by atoms with Gasteiger partial charge in [-0.05, 0) is 51.4 Å². The summed E-state index contributed by atoms with van der Waals surface area (Å²) in [6.45, 7) is 15.2. The van der Waals surface area contributed by atoms with E-state index in [9.17, 15) is 0 Å². The Morgan fingerprint density at radius 2 is 0.483 bits per heavy atom. The molecule has 0 aliphatic carbocycles. The zero-order valence-corrected chi connectivity index (χ0v) is 21.4. The third-order valence-corrected chi connectivity index (χ3v) is 6.94. The zero-order valence-electron chi connectivity index (χ0n) is 21.4. The lowest BCUT2D eigenvalue weighted by Gasteiger charge is -2.39. The largest absolute Gasteiger partial charge is 0.324 e. The first-order valence-electron chi connectivity index (χ1n) is 14.1. The molecular formula is C28H60N+. The van der Waals surface area contributed by atoms with Crippen molar-refractivity contribution in [3.8, 4) is 0 Å². The van der Waals surface area contributed by atoms with Crippen LogP contribution in [0.5, 0.6) is 0 Å². The molecule has 0 atom stereocenters. The lowest BCUT2D eigenvalue weighted by molar-refractivity contribution is -0.929. The summed E-state index contributed by atoms with van der Waals surface area (Å²) in [5, 5.41) is 0. The van der Waals surface area contributed by atoms with Gasteiger partial charge in [-0.3, -0.25) is 0 Å². The van der Waals surface area contributed by atoms with E-state index in [4.69, 9.17) is 0 Å². The first-order chi connectivity index (χ1) is 14.2. The number of rotatable bonds is 24. The van der Waals surface area contributed by atoms with Crippen molar-refractivity contribution < 1.29 is 4.48 Å². The summed E-state index contributed by atoms with van der Waals surface area (Å²) >= 11 is 0. The number of nitrogens with zero attached hydrogens (tertiary/aromatic N) is 1. The van der Waals surface area contributed by atoms with Crippen molar-refractivity contribution in [3.05, 3.63) is 0 Å². The fourth-order valence-electron chi connectivity index (χ4n) is 4.87. The summed E-state index contributed by atoms with van der Waals surface area (Å²) in [4.78, 5) is 0. The molecule has 0 aliphatic heterocycles. The summed E-state index contributed by atoms with van der Waals surface area (Å²) in [5.74, 6) is 0. The normalized spacial score (nSPS) is 12.0. The molecule has 0 rings (SSSR count). The molecule has 0 heterocycles. The van der Waals surface area contributed by atoms with Gasteiger partial charge in [-0.15, -0.1) is 0 Å². The molecule has 0 radical (unpaired) electrons. The highest BCUT2D eigenvalue weighted by molar-refractivity contribution is 4.53. The first-order valence-corrected chi connectivity index (χ1v) is 14.1. The zero-order chi connectivity index (χ0) is 21.5. The molecule has 1 nitrogen and oxygen atoms in total. The van der Waals surface area contributed by atoms with Crippen LogP contribution in [0.3, 0.4) is 0 Å². The average Bonchev–Trinajstić information content (AvgIpc) is 2.72.